The lowest BCUT2D eigenvalue weighted by Gasteiger charge is -2.07. The van der Waals surface area contributed by atoms with Gasteiger partial charge in [0.1, 0.15) is 5.75 Å². The molecule has 1 heteroatoms. The Morgan fingerprint density at radius 1 is 1.06 bits per heavy atom. The second kappa shape index (κ2) is 8.16. The molecule has 0 aromatic heterocycles. The number of benzene rings is 1. The summed E-state index contributed by atoms with van der Waals surface area (Å²) in [5.74, 6) is 1.85. The first kappa shape index (κ1) is 14.1. The molecule has 0 saturated carbocycles. The minimum atomic E-state index is 0.846. The molecule has 17 heavy (non-hydrogen) atoms. The molecule has 0 saturated heterocycles. The minimum Gasteiger partial charge on any atom is -0.494 e. The highest BCUT2D eigenvalue weighted by Gasteiger charge is 1.96. The second-order valence-corrected chi connectivity index (χ2v) is 5.26. The number of ether oxygens (including phenoxy) is 1. The van der Waals surface area contributed by atoms with Gasteiger partial charge < -0.3 is 4.74 Å². The lowest BCUT2D eigenvalue weighted by molar-refractivity contribution is 0.303. The molecular weight excluding hydrogens is 208 g/mol. The highest BCUT2D eigenvalue weighted by atomic mass is 16.5. The van der Waals surface area contributed by atoms with Crippen molar-refractivity contribution in [3.05, 3.63) is 29.8 Å². The maximum atomic E-state index is 5.71. The van der Waals surface area contributed by atoms with E-state index in [1.807, 2.05) is 12.1 Å². The van der Waals surface area contributed by atoms with Crippen LogP contribution in [0.4, 0.5) is 0 Å². The molecule has 0 amide bonds. The van der Waals surface area contributed by atoms with E-state index >= 15 is 0 Å². The van der Waals surface area contributed by atoms with Gasteiger partial charge in [-0.2, -0.15) is 0 Å². The van der Waals surface area contributed by atoms with E-state index in [4.69, 9.17) is 4.74 Å². The van der Waals surface area contributed by atoms with Crippen LogP contribution < -0.4 is 4.74 Å². The number of hydrogen-bond acceptors (Lipinski definition) is 1. The minimum absolute atomic E-state index is 0.846. The molecule has 0 aliphatic heterocycles. The van der Waals surface area contributed by atoms with Crippen molar-refractivity contribution in [2.24, 2.45) is 5.92 Å². The summed E-state index contributed by atoms with van der Waals surface area (Å²) in [5.41, 5.74) is 1.26. The summed E-state index contributed by atoms with van der Waals surface area (Å²) in [6.07, 6.45) is 6.53. The highest BCUT2D eigenvalue weighted by Crippen LogP contribution is 2.14. The van der Waals surface area contributed by atoms with Crippen molar-refractivity contribution in [1.82, 2.24) is 0 Å². The molecule has 0 N–H and O–H groups in total. The Morgan fingerprint density at radius 3 is 2.53 bits per heavy atom. The quantitative estimate of drug-likeness (QED) is 0.576. The van der Waals surface area contributed by atoms with Crippen molar-refractivity contribution in [3.63, 3.8) is 0 Å². The Balaban J connectivity index is 2.01. The zero-order valence-electron chi connectivity index (χ0n) is 11.5. The monoisotopic (exact) mass is 234 g/mol. The van der Waals surface area contributed by atoms with Crippen molar-refractivity contribution < 1.29 is 4.74 Å². The van der Waals surface area contributed by atoms with Crippen LogP contribution in [0, 0.1) is 12.8 Å². The SMILES string of the molecule is Cc1cccc(OCCCCCCC(C)C)c1. The standard InChI is InChI=1S/C16H26O/c1-14(2)9-6-4-5-7-12-17-16-11-8-10-15(3)13-16/h8,10-11,13-14H,4-7,9,12H2,1-3H3. The Hall–Kier alpha value is -0.980. The fourth-order valence-electron chi connectivity index (χ4n) is 1.90. The van der Waals surface area contributed by atoms with Crippen LogP contribution in [0.25, 0.3) is 0 Å². The lowest BCUT2D eigenvalue weighted by Crippen LogP contribution is -1.97. The van der Waals surface area contributed by atoms with Crippen LogP contribution >= 0.6 is 0 Å². The third-order valence-electron chi connectivity index (χ3n) is 2.93. The Kier molecular flexibility index (Phi) is 6.76. The van der Waals surface area contributed by atoms with Crippen molar-refractivity contribution in [3.8, 4) is 5.75 Å². The smallest absolute Gasteiger partial charge is 0.119 e. The molecule has 0 radical (unpaired) electrons. The molecule has 0 heterocycles. The largest absolute Gasteiger partial charge is 0.494 e. The third-order valence-corrected chi connectivity index (χ3v) is 2.93. The lowest BCUT2D eigenvalue weighted by atomic mass is 10.0. The first-order valence-electron chi connectivity index (χ1n) is 6.88. The molecule has 0 aliphatic rings. The number of hydrogen-bond donors (Lipinski definition) is 0. The third kappa shape index (κ3) is 7.04. The van der Waals surface area contributed by atoms with E-state index in [1.165, 1.54) is 37.7 Å². The van der Waals surface area contributed by atoms with Gasteiger partial charge in [0.15, 0.2) is 0 Å². The van der Waals surface area contributed by atoms with Crippen LogP contribution in [0.2, 0.25) is 0 Å². The van der Waals surface area contributed by atoms with Gasteiger partial charge in [-0.1, -0.05) is 51.7 Å². The average molecular weight is 234 g/mol. The van der Waals surface area contributed by atoms with Gasteiger partial charge in [0.25, 0.3) is 0 Å². The first-order valence-corrected chi connectivity index (χ1v) is 6.88. The van der Waals surface area contributed by atoms with Gasteiger partial charge >= 0.3 is 0 Å². The van der Waals surface area contributed by atoms with Gasteiger partial charge in [-0.05, 0) is 37.0 Å². The molecule has 96 valence electrons. The number of unbranched alkanes of at least 4 members (excludes halogenated alkanes) is 3. The van der Waals surface area contributed by atoms with E-state index in [9.17, 15) is 0 Å². The number of aryl methyl sites for hydroxylation is 1. The summed E-state index contributed by atoms with van der Waals surface area (Å²) < 4.78 is 5.71. The van der Waals surface area contributed by atoms with Crippen LogP contribution in [0.15, 0.2) is 24.3 Å². The normalized spacial score (nSPS) is 10.8. The summed E-state index contributed by atoms with van der Waals surface area (Å²) in [5, 5.41) is 0. The first-order chi connectivity index (χ1) is 8.18. The molecule has 1 nitrogen and oxygen atoms in total. The van der Waals surface area contributed by atoms with Gasteiger partial charge in [-0.25, -0.2) is 0 Å². The second-order valence-electron chi connectivity index (χ2n) is 5.26. The van der Waals surface area contributed by atoms with Gasteiger partial charge in [0.05, 0.1) is 6.61 Å². The Labute approximate surface area is 106 Å². The molecule has 1 aromatic carbocycles. The molecule has 0 spiro atoms. The Morgan fingerprint density at radius 2 is 1.82 bits per heavy atom. The van der Waals surface area contributed by atoms with Crippen LogP contribution in [0.3, 0.4) is 0 Å². The highest BCUT2D eigenvalue weighted by molar-refractivity contribution is 5.27. The predicted octanol–water partition coefficient (Wildman–Crippen LogP) is 4.98. The summed E-state index contributed by atoms with van der Waals surface area (Å²) in [6, 6.07) is 8.27. The molecule has 1 rings (SSSR count). The van der Waals surface area contributed by atoms with Gasteiger partial charge in [0, 0.05) is 0 Å². The van der Waals surface area contributed by atoms with E-state index in [2.05, 4.69) is 32.9 Å². The van der Waals surface area contributed by atoms with Crippen molar-refractivity contribution >= 4 is 0 Å². The van der Waals surface area contributed by atoms with E-state index in [0.29, 0.717) is 0 Å². The van der Waals surface area contributed by atoms with E-state index in [1.54, 1.807) is 0 Å². The fraction of sp³-hybridized carbons (Fsp3) is 0.625. The number of rotatable bonds is 8. The molecular formula is C16H26O. The molecule has 0 unspecified atom stereocenters. The van der Waals surface area contributed by atoms with Crippen molar-refractivity contribution in [1.29, 1.82) is 0 Å². The van der Waals surface area contributed by atoms with Crippen LogP contribution in [0.5, 0.6) is 5.75 Å². The van der Waals surface area contributed by atoms with E-state index < -0.39 is 0 Å². The maximum Gasteiger partial charge on any atom is 0.119 e. The zero-order chi connectivity index (χ0) is 12.5. The van der Waals surface area contributed by atoms with Crippen LogP contribution in [0.1, 0.15) is 51.5 Å². The molecule has 0 bridgehead atoms. The summed E-state index contributed by atoms with van der Waals surface area (Å²) >= 11 is 0. The van der Waals surface area contributed by atoms with Crippen LogP contribution in [-0.4, -0.2) is 6.61 Å². The Bertz CT molecular complexity index is 304. The molecule has 0 fully saturated rings. The van der Waals surface area contributed by atoms with Gasteiger partial charge in [-0.15, -0.1) is 0 Å². The fourth-order valence-corrected chi connectivity index (χ4v) is 1.90. The molecule has 1 aromatic rings. The molecule has 0 atom stereocenters. The van der Waals surface area contributed by atoms with Crippen molar-refractivity contribution in [2.45, 2.75) is 52.9 Å². The maximum absolute atomic E-state index is 5.71. The van der Waals surface area contributed by atoms with Crippen LogP contribution in [-0.2, 0) is 0 Å². The molecule has 0 aliphatic carbocycles. The summed E-state index contributed by atoms with van der Waals surface area (Å²) in [7, 11) is 0. The van der Waals surface area contributed by atoms with Gasteiger partial charge in [-0.3, -0.25) is 0 Å². The van der Waals surface area contributed by atoms with E-state index in [-0.39, 0.29) is 0 Å². The van der Waals surface area contributed by atoms with Crippen molar-refractivity contribution in [2.75, 3.05) is 6.61 Å². The summed E-state index contributed by atoms with van der Waals surface area (Å²) in [4.78, 5) is 0. The zero-order valence-corrected chi connectivity index (χ0v) is 11.5. The summed E-state index contributed by atoms with van der Waals surface area (Å²) in [6.45, 7) is 7.53. The predicted molar refractivity (Wildman–Crippen MR) is 74.6 cm³/mol. The van der Waals surface area contributed by atoms with Gasteiger partial charge in [0.2, 0.25) is 0 Å². The topological polar surface area (TPSA) is 9.23 Å². The average Bonchev–Trinajstić information content (AvgIpc) is 2.27. The van der Waals surface area contributed by atoms with E-state index in [0.717, 1.165) is 18.3 Å².